The van der Waals surface area contributed by atoms with Gasteiger partial charge in [0.15, 0.2) is 0 Å². The zero-order valence-corrected chi connectivity index (χ0v) is 17.5. The Morgan fingerprint density at radius 2 is 1.90 bits per heavy atom. The zero-order valence-electron chi connectivity index (χ0n) is 17.5. The van der Waals surface area contributed by atoms with E-state index in [0.717, 1.165) is 61.7 Å². The van der Waals surface area contributed by atoms with Crippen molar-refractivity contribution in [3.05, 3.63) is 59.2 Å². The lowest BCUT2D eigenvalue weighted by atomic mass is 9.90. The highest BCUT2D eigenvalue weighted by Gasteiger charge is 2.51. The van der Waals surface area contributed by atoms with Crippen molar-refractivity contribution in [3.8, 4) is 11.5 Å². The molecule has 0 radical (unpaired) electrons. The number of piperidine rings is 1. The van der Waals surface area contributed by atoms with Gasteiger partial charge >= 0.3 is 0 Å². The molecule has 1 fully saturated rings. The standard InChI is InChI=1S/C24H29N3O2/c1-4-26-13-11-24(12-14-26)27-22(20-15-17(2)5-10-23(20)29-24)16-21(25-27)18-6-8-19(28-3)9-7-18/h5-10,15,22H,4,11-14,16H2,1-3H3. The first kappa shape index (κ1) is 18.5. The average Bonchev–Trinajstić information content (AvgIpc) is 3.22. The van der Waals surface area contributed by atoms with Crippen molar-refractivity contribution in [2.45, 2.75) is 44.9 Å². The summed E-state index contributed by atoms with van der Waals surface area (Å²) in [7, 11) is 1.70. The van der Waals surface area contributed by atoms with Crippen molar-refractivity contribution < 1.29 is 9.47 Å². The molecule has 2 aromatic rings. The van der Waals surface area contributed by atoms with E-state index in [9.17, 15) is 0 Å². The van der Waals surface area contributed by atoms with E-state index < -0.39 is 0 Å². The largest absolute Gasteiger partial charge is 0.497 e. The summed E-state index contributed by atoms with van der Waals surface area (Å²) in [6.07, 6.45) is 2.86. The number of aryl methyl sites for hydroxylation is 1. The first-order valence-electron chi connectivity index (χ1n) is 10.6. The van der Waals surface area contributed by atoms with Crippen molar-refractivity contribution in [1.82, 2.24) is 9.91 Å². The summed E-state index contributed by atoms with van der Waals surface area (Å²) in [5, 5.41) is 7.45. The van der Waals surface area contributed by atoms with E-state index >= 15 is 0 Å². The van der Waals surface area contributed by atoms with E-state index in [1.165, 1.54) is 11.1 Å². The van der Waals surface area contributed by atoms with Gasteiger partial charge in [-0.1, -0.05) is 24.6 Å². The third-order valence-electron chi connectivity index (χ3n) is 6.66. The molecule has 0 amide bonds. The van der Waals surface area contributed by atoms with Gasteiger partial charge in [-0.05, 0) is 49.4 Å². The SMILES string of the molecule is CCN1CCC2(CC1)Oc1ccc(C)cc1C1CC(c3ccc(OC)cc3)=NN12. The van der Waals surface area contributed by atoms with Crippen molar-refractivity contribution in [3.63, 3.8) is 0 Å². The van der Waals surface area contributed by atoms with Gasteiger partial charge in [-0.15, -0.1) is 0 Å². The van der Waals surface area contributed by atoms with Gasteiger partial charge in [-0.25, -0.2) is 5.01 Å². The molecule has 0 aromatic heterocycles. The van der Waals surface area contributed by atoms with Gasteiger partial charge < -0.3 is 14.4 Å². The average molecular weight is 392 g/mol. The molecule has 1 spiro atoms. The van der Waals surface area contributed by atoms with Crippen molar-refractivity contribution in [1.29, 1.82) is 0 Å². The molecule has 5 rings (SSSR count). The monoisotopic (exact) mass is 391 g/mol. The molecule has 3 heterocycles. The summed E-state index contributed by atoms with van der Waals surface area (Å²) in [5.74, 6) is 1.91. The third kappa shape index (κ3) is 3.08. The number of likely N-dealkylation sites (tertiary alicyclic amines) is 1. The lowest BCUT2D eigenvalue weighted by Gasteiger charge is -2.51. The fraction of sp³-hybridized carbons (Fsp3) is 0.458. The summed E-state index contributed by atoms with van der Waals surface area (Å²) < 4.78 is 12.0. The van der Waals surface area contributed by atoms with Crippen LogP contribution in [0.1, 0.15) is 48.9 Å². The molecule has 0 N–H and O–H groups in total. The maximum absolute atomic E-state index is 6.72. The fourth-order valence-electron chi connectivity index (χ4n) is 4.91. The van der Waals surface area contributed by atoms with Crippen molar-refractivity contribution in [2.24, 2.45) is 5.10 Å². The first-order chi connectivity index (χ1) is 14.1. The Morgan fingerprint density at radius 3 is 2.59 bits per heavy atom. The lowest BCUT2D eigenvalue weighted by Crippen LogP contribution is -2.59. The first-order valence-corrected chi connectivity index (χ1v) is 10.6. The molecule has 2 aromatic carbocycles. The quantitative estimate of drug-likeness (QED) is 0.779. The van der Waals surface area contributed by atoms with Crippen LogP contribution in [0.5, 0.6) is 11.5 Å². The Kier molecular flexibility index (Phi) is 4.50. The second kappa shape index (κ2) is 7.06. The Balaban J connectivity index is 1.54. The van der Waals surface area contributed by atoms with Crippen LogP contribution in [-0.4, -0.2) is 48.1 Å². The van der Waals surface area contributed by atoms with Crippen LogP contribution in [0.25, 0.3) is 0 Å². The molecule has 29 heavy (non-hydrogen) atoms. The number of ether oxygens (including phenoxy) is 2. The molecular formula is C24H29N3O2. The van der Waals surface area contributed by atoms with Crippen molar-refractivity contribution >= 4 is 5.71 Å². The summed E-state index contributed by atoms with van der Waals surface area (Å²) in [4.78, 5) is 2.50. The molecule has 1 unspecified atom stereocenters. The van der Waals surface area contributed by atoms with Crippen LogP contribution in [-0.2, 0) is 0 Å². The number of fused-ring (bicyclic) bond motifs is 4. The molecule has 0 saturated carbocycles. The van der Waals surface area contributed by atoms with Crippen LogP contribution in [0.3, 0.4) is 0 Å². The number of rotatable bonds is 3. The molecular weight excluding hydrogens is 362 g/mol. The normalized spacial score (nSPS) is 22.7. The van der Waals surface area contributed by atoms with E-state index in [-0.39, 0.29) is 11.8 Å². The van der Waals surface area contributed by atoms with Gasteiger partial charge in [0.2, 0.25) is 5.72 Å². The minimum atomic E-state index is -0.340. The van der Waals surface area contributed by atoms with Crippen molar-refractivity contribution in [2.75, 3.05) is 26.7 Å². The fourth-order valence-corrected chi connectivity index (χ4v) is 4.91. The van der Waals surface area contributed by atoms with Gasteiger partial charge in [0.05, 0.1) is 18.9 Å². The van der Waals surface area contributed by atoms with Crippen LogP contribution in [0.4, 0.5) is 0 Å². The van der Waals surface area contributed by atoms with Gasteiger partial charge in [-0.2, -0.15) is 5.10 Å². The lowest BCUT2D eigenvalue weighted by molar-refractivity contribution is -0.149. The highest BCUT2D eigenvalue weighted by atomic mass is 16.5. The van der Waals surface area contributed by atoms with E-state index in [1.54, 1.807) is 7.11 Å². The molecule has 1 saturated heterocycles. The summed E-state index contributed by atoms with van der Waals surface area (Å²) in [6, 6.07) is 15.1. The van der Waals surface area contributed by atoms with Crippen LogP contribution in [0.2, 0.25) is 0 Å². The number of hydrogen-bond donors (Lipinski definition) is 0. The van der Waals surface area contributed by atoms with Crippen LogP contribution in [0.15, 0.2) is 47.6 Å². The van der Waals surface area contributed by atoms with E-state index in [4.69, 9.17) is 14.6 Å². The van der Waals surface area contributed by atoms with E-state index in [0.29, 0.717) is 0 Å². The summed E-state index contributed by atoms with van der Waals surface area (Å²) in [6.45, 7) is 7.57. The molecule has 5 heteroatoms. The van der Waals surface area contributed by atoms with Gasteiger partial charge in [0, 0.05) is 37.9 Å². The molecule has 3 aliphatic rings. The minimum Gasteiger partial charge on any atom is -0.497 e. The van der Waals surface area contributed by atoms with Crippen LogP contribution >= 0.6 is 0 Å². The topological polar surface area (TPSA) is 37.3 Å². The molecule has 3 aliphatic heterocycles. The Labute approximate surface area is 172 Å². The third-order valence-corrected chi connectivity index (χ3v) is 6.66. The van der Waals surface area contributed by atoms with E-state index in [1.807, 2.05) is 12.1 Å². The smallest absolute Gasteiger partial charge is 0.200 e. The Hall–Kier alpha value is -2.53. The predicted molar refractivity (Wildman–Crippen MR) is 115 cm³/mol. The zero-order chi connectivity index (χ0) is 20.0. The highest BCUT2D eigenvalue weighted by Crippen LogP contribution is 2.50. The molecule has 152 valence electrons. The molecule has 5 nitrogen and oxygen atoms in total. The molecule has 0 bridgehead atoms. The number of hydrogen-bond acceptors (Lipinski definition) is 5. The van der Waals surface area contributed by atoms with Gasteiger partial charge in [0.25, 0.3) is 0 Å². The highest BCUT2D eigenvalue weighted by molar-refractivity contribution is 6.02. The maximum atomic E-state index is 6.72. The number of methoxy groups -OCH3 is 1. The second-order valence-electron chi connectivity index (χ2n) is 8.36. The summed E-state index contributed by atoms with van der Waals surface area (Å²) in [5.41, 5.74) is 4.48. The van der Waals surface area contributed by atoms with Crippen LogP contribution < -0.4 is 9.47 Å². The van der Waals surface area contributed by atoms with Gasteiger partial charge in [-0.3, -0.25) is 0 Å². The molecule has 0 aliphatic carbocycles. The Bertz CT molecular complexity index is 930. The Morgan fingerprint density at radius 1 is 1.14 bits per heavy atom. The second-order valence-corrected chi connectivity index (χ2v) is 8.36. The number of benzene rings is 2. The minimum absolute atomic E-state index is 0.240. The maximum Gasteiger partial charge on any atom is 0.200 e. The predicted octanol–water partition coefficient (Wildman–Crippen LogP) is 4.36. The van der Waals surface area contributed by atoms with Crippen LogP contribution in [0, 0.1) is 6.92 Å². The van der Waals surface area contributed by atoms with E-state index in [2.05, 4.69) is 54.1 Å². The summed E-state index contributed by atoms with van der Waals surface area (Å²) >= 11 is 0. The van der Waals surface area contributed by atoms with Gasteiger partial charge in [0.1, 0.15) is 11.5 Å². The number of nitrogens with zero attached hydrogens (tertiary/aromatic N) is 3. The number of hydrazone groups is 1. The molecule has 1 atom stereocenters.